The molecule has 0 fully saturated rings. The van der Waals surface area contributed by atoms with Gasteiger partial charge in [0.2, 0.25) is 0 Å². The predicted octanol–water partition coefficient (Wildman–Crippen LogP) is 13.5. The molecular formula is C35H68. The molecule has 0 aromatic rings. The number of allylic oxidation sites excluding steroid dienone is 3. The maximum Gasteiger partial charge on any atom is -0.0351 e. The van der Waals surface area contributed by atoms with Gasteiger partial charge in [0.25, 0.3) is 0 Å². The molecule has 0 N–H and O–H groups in total. The molecular weight excluding hydrogens is 420 g/mol. The van der Waals surface area contributed by atoms with Crippen molar-refractivity contribution in [3.8, 4) is 0 Å². The van der Waals surface area contributed by atoms with Crippen molar-refractivity contribution < 1.29 is 0 Å². The van der Waals surface area contributed by atoms with Crippen LogP contribution in [0.3, 0.4) is 0 Å². The zero-order chi connectivity index (χ0) is 25.3. The Morgan fingerprint density at radius 2 is 0.543 bits per heavy atom. The van der Waals surface area contributed by atoms with Crippen LogP contribution in [0.25, 0.3) is 0 Å². The van der Waals surface area contributed by atoms with Gasteiger partial charge < -0.3 is 0 Å². The number of unbranched alkanes of at least 4 members (excludes halogenated alkanes) is 28. The summed E-state index contributed by atoms with van der Waals surface area (Å²) in [5.41, 5.74) is 0. The lowest BCUT2D eigenvalue weighted by molar-refractivity contribution is 0.516. The molecule has 0 aromatic heterocycles. The SMILES string of the molecule is C=CCCCCC=CCCCCCCCCCCCCCCCCCCCCCCCCCCC. The van der Waals surface area contributed by atoms with E-state index < -0.39 is 0 Å². The van der Waals surface area contributed by atoms with Crippen LogP contribution in [0.2, 0.25) is 0 Å². The Morgan fingerprint density at radius 3 is 0.829 bits per heavy atom. The average Bonchev–Trinajstić information content (AvgIpc) is 2.87. The number of hydrogen-bond acceptors (Lipinski definition) is 0. The van der Waals surface area contributed by atoms with E-state index in [1.54, 1.807) is 0 Å². The average molecular weight is 489 g/mol. The van der Waals surface area contributed by atoms with Crippen molar-refractivity contribution in [3.63, 3.8) is 0 Å². The molecule has 0 heterocycles. The summed E-state index contributed by atoms with van der Waals surface area (Å²) < 4.78 is 0. The van der Waals surface area contributed by atoms with Crippen molar-refractivity contribution in [3.05, 3.63) is 24.8 Å². The monoisotopic (exact) mass is 489 g/mol. The van der Waals surface area contributed by atoms with Crippen LogP contribution in [-0.2, 0) is 0 Å². The lowest BCUT2D eigenvalue weighted by atomic mass is 10.0. The summed E-state index contributed by atoms with van der Waals surface area (Å²) in [6, 6.07) is 0. The van der Waals surface area contributed by atoms with Crippen LogP contribution in [0.1, 0.15) is 200 Å². The van der Waals surface area contributed by atoms with Gasteiger partial charge in [0, 0.05) is 0 Å². The van der Waals surface area contributed by atoms with E-state index in [0.29, 0.717) is 0 Å². The molecule has 0 bridgehead atoms. The summed E-state index contributed by atoms with van der Waals surface area (Å²) in [5, 5.41) is 0. The van der Waals surface area contributed by atoms with Gasteiger partial charge in [-0.15, -0.1) is 6.58 Å². The van der Waals surface area contributed by atoms with Crippen LogP contribution in [0.15, 0.2) is 24.8 Å². The van der Waals surface area contributed by atoms with E-state index in [1.807, 2.05) is 6.08 Å². The topological polar surface area (TPSA) is 0 Å². The standard InChI is InChI=1S/C35H68/c1-3-5-7-9-11-13-15-17-19-21-23-25-27-29-31-33-35-34-32-30-28-26-24-22-20-18-16-14-12-10-8-6-4-2/h3,13,15H,1,4-12,14,16-35H2,2H3. The molecule has 0 aliphatic heterocycles. The van der Waals surface area contributed by atoms with Crippen LogP contribution < -0.4 is 0 Å². The van der Waals surface area contributed by atoms with E-state index >= 15 is 0 Å². The third-order valence-electron chi connectivity index (χ3n) is 7.67. The minimum absolute atomic E-state index is 1.17. The molecule has 0 atom stereocenters. The van der Waals surface area contributed by atoms with Crippen molar-refractivity contribution in [2.45, 2.75) is 200 Å². The second-order valence-electron chi connectivity index (χ2n) is 11.3. The van der Waals surface area contributed by atoms with E-state index in [9.17, 15) is 0 Å². The molecule has 0 saturated heterocycles. The van der Waals surface area contributed by atoms with Crippen LogP contribution >= 0.6 is 0 Å². The molecule has 0 heteroatoms. The first-order chi connectivity index (χ1) is 17.4. The molecule has 208 valence electrons. The summed E-state index contributed by atoms with van der Waals surface area (Å²) in [4.78, 5) is 0. The van der Waals surface area contributed by atoms with Gasteiger partial charge in [0.1, 0.15) is 0 Å². The molecule has 0 nitrogen and oxygen atoms in total. The Hall–Kier alpha value is -0.520. The summed E-state index contributed by atoms with van der Waals surface area (Å²) >= 11 is 0. The van der Waals surface area contributed by atoms with E-state index in [2.05, 4.69) is 25.7 Å². The molecule has 0 aliphatic rings. The van der Waals surface area contributed by atoms with Crippen LogP contribution in [0.5, 0.6) is 0 Å². The Bertz CT molecular complexity index is 393. The summed E-state index contributed by atoms with van der Waals surface area (Å²) in [7, 11) is 0. The number of hydrogen-bond donors (Lipinski definition) is 0. The molecule has 0 unspecified atom stereocenters. The molecule has 0 spiro atoms. The van der Waals surface area contributed by atoms with E-state index in [4.69, 9.17) is 0 Å². The van der Waals surface area contributed by atoms with Gasteiger partial charge in [-0.25, -0.2) is 0 Å². The summed E-state index contributed by atoms with van der Waals surface area (Å²) in [6.45, 7) is 6.09. The van der Waals surface area contributed by atoms with E-state index in [-0.39, 0.29) is 0 Å². The van der Waals surface area contributed by atoms with Gasteiger partial charge in [-0.3, -0.25) is 0 Å². The van der Waals surface area contributed by atoms with Gasteiger partial charge in [0.05, 0.1) is 0 Å². The second kappa shape index (κ2) is 33.5. The highest BCUT2D eigenvalue weighted by Gasteiger charge is 1.96. The normalized spacial score (nSPS) is 11.6. The summed E-state index contributed by atoms with van der Waals surface area (Å²) in [6.07, 6.45) is 49.9. The lowest BCUT2D eigenvalue weighted by Crippen LogP contribution is -1.84. The zero-order valence-corrected chi connectivity index (χ0v) is 24.7. The first kappa shape index (κ1) is 34.5. The molecule has 0 radical (unpaired) electrons. The molecule has 0 amide bonds. The first-order valence-electron chi connectivity index (χ1n) is 16.7. The largest absolute Gasteiger partial charge is 0.103 e. The Kier molecular flexibility index (Phi) is 33.0. The molecule has 35 heavy (non-hydrogen) atoms. The van der Waals surface area contributed by atoms with Crippen molar-refractivity contribution in [1.82, 2.24) is 0 Å². The van der Waals surface area contributed by atoms with Gasteiger partial charge >= 0.3 is 0 Å². The lowest BCUT2D eigenvalue weighted by Gasteiger charge is -2.04. The fourth-order valence-electron chi connectivity index (χ4n) is 5.19. The maximum atomic E-state index is 3.78. The van der Waals surface area contributed by atoms with Crippen molar-refractivity contribution in [1.29, 1.82) is 0 Å². The second-order valence-corrected chi connectivity index (χ2v) is 11.3. The quantitative estimate of drug-likeness (QED) is 0.0672. The highest BCUT2D eigenvalue weighted by Crippen LogP contribution is 2.16. The molecule has 0 aromatic carbocycles. The van der Waals surface area contributed by atoms with Crippen LogP contribution in [-0.4, -0.2) is 0 Å². The highest BCUT2D eigenvalue weighted by molar-refractivity contribution is 4.81. The minimum Gasteiger partial charge on any atom is -0.103 e. The fraction of sp³-hybridized carbons (Fsp3) is 0.886. The number of rotatable bonds is 31. The Labute approximate surface area is 224 Å². The van der Waals surface area contributed by atoms with Gasteiger partial charge in [-0.2, -0.15) is 0 Å². The molecule has 0 rings (SSSR count). The van der Waals surface area contributed by atoms with Crippen molar-refractivity contribution in [2.75, 3.05) is 0 Å². The zero-order valence-electron chi connectivity index (χ0n) is 24.7. The first-order valence-corrected chi connectivity index (χ1v) is 16.7. The molecule has 0 saturated carbocycles. The van der Waals surface area contributed by atoms with Crippen LogP contribution in [0.4, 0.5) is 0 Å². The van der Waals surface area contributed by atoms with Crippen molar-refractivity contribution in [2.24, 2.45) is 0 Å². The highest BCUT2D eigenvalue weighted by atomic mass is 14.0. The molecule has 0 aliphatic carbocycles. The van der Waals surface area contributed by atoms with Gasteiger partial charge in [0.15, 0.2) is 0 Å². The van der Waals surface area contributed by atoms with Crippen molar-refractivity contribution >= 4 is 0 Å². The third kappa shape index (κ3) is 33.5. The van der Waals surface area contributed by atoms with Gasteiger partial charge in [-0.05, 0) is 38.5 Å². The van der Waals surface area contributed by atoms with Gasteiger partial charge in [-0.1, -0.05) is 179 Å². The smallest absolute Gasteiger partial charge is 0.0351 e. The Morgan fingerprint density at radius 1 is 0.314 bits per heavy atom. The van der Waals surface area contributed by atoms with E-state index in [0.717, 1.165) is 0 Å². The predicted molar refractivity (Wildman–Crippen MR) is 164 cm³/mol. The minimum atomic E-state index is 1.17. The fourth-order valence-corrected chi connectivity index (χ4v) is 5.19. The van der Waals surface area contributed by atoms with E-state index in [1.165, 1.54) is 193 Å². The third-order valence-corrected chi connectivity index (χ3v) is 7.67. The summed E-state index contributed by atoms with van der Waals surface area (Å²) in [5.74, 6) is 0. The van der Waals surface area contributed by atoms with Crippen LogP contribution in [0, 0.1) is 0 Å². The maximum absolute atomic E-state index is 3.78. The Balaban J connectivity index is 3.04.